The molecule has 1 saturated heterocycles. The molecule has 0 aliphatic carbocycles. The van der Waals surface area contributed by atoms with Crippen LogP contribution in [-0.2, 0) is 24.2 Å². The number of hydrogen-bond acceptors (Lipinski definition) is 6. The van der Waals surface area contributed by atoms with Gasteiger partial charge < -0.3 is 14.4 Å². The Morgan fingerprint density at radius 3 is 2.45 bits per heavy atom. The summed E-state index contributed by atoms with van der Waals surface area (Å²) in [6.07, 6.45) is 1.08. The molecule has 31 heavy (non-hydrogen) atoms. The van der Waals surface area contributed by atoms with E-state index in [1.807, 2.05) is 40.7 Å². The van der Waals surface area contributed by atoms with Crippen LogP contribution in [0.25, 0.3) is 0 Å². The van der Waals surface area contributed by atoms with Crippen LogP contribution in [0.1, 0.15) is 57.6 Å². The standard InChI is InChI=1S/C22H32ClNO6S/c1-6-16(5)24(17-7-8-31(27,28)13-17)21(25)11-30-22(26)12-29-20-9-15(4)19(23)10-18(20)14(2)3/h9-10,14,16-17H,6-8,11-13H2,1-5H3/t16-,17-/m0/s1. The number of carbonyl (C=O) groups is 2. The van der Waals surface area contributed by atoms with Crippen LogP contribution in [-0.4, -0.2) is 62.0 Å². The SMILES string of the molecule is CC[C@H](C)N(C(=O)COC(=O)COc1cc(C)c(Cl)cc1C(C)C)[C@H]1CCS(=O)(=O)C1. The number of amides is 1. The molecule has 0 spiro atoms. The second-order valence-corrected chi connectivity index (χ2v) is 11.0. The van der Waals surface area contributed by atoms with Crippen molar-refractivity contribution in [1.82, 2.24) is 4.90 Å². The van der Waals surface area contributed by atoms with E-state index in [1.165, 1.54) is 0 Å². The molecule has 1 aliphatic heterocycles. The fraction of sp³-hybridized carbons (Fsp3) is 0.636. The van der Waals surface area contributed by atoms with Crippen LogP contribution in [0.5, 0.6) is 5.75 Å². The zero-order valence-electron chi connectivity index (χ0n) is 18.8. The van der Waals surface area contributed by atoms with Crippen molar-refractivity contribution in [3.63, 3.8) is 0 Å². The number of aryl methyl sites for hydroxylation is 1. The molecule has 0 N–H and O–H groups in total. The molecule has 0 radical (unpaired) electrons. The molecule has 1 amide bonds. The number of nitrogens with zero attached hydrogens (tertiary/aromatic N) is 1. The molecule has 7 nitrogen and oxygen atoms in total. The van der Waals surface area contributed by atoms with Crippen LogP contribution in [0, 0.1) is 6.92 Å². The van der Waals surface area contributed by atoms with Gasteiger partial charge >= 0.3 is 5.97 Å². The Morgan fingerprint density at radius 2 is 1.90 bits per heavy atom. The maximum absolute atomic E-state index is 12.7. The quantitative estimate of drug-likeness (QED) is 0.510. The molecule has 0 aromatic heterocycles. The van der Waals surface area contributed by atoms with Gasteiger partial charge in [0.05, 0.1) is 11.5 Å². The Bertz CT molecular complexity index is 915. The van der Waals surface area contributed by atoms with Gasteiger partial charge in [-0.05, 0) is 55.9 Å². The van der Waals surface area contributed by atoms with E-state index in [4.69, 9.17) is 21.1 Å². The molecule has 1 aromatic carbocycles. The van der Waals surface area contributed by atoms with Crippen LogP contribution < -0.4 is 4.74 Å². The van der Waals surface area contributed by atoms with Crippen LogP contribution in [0.3, 0.4) is 0 Å². The molecule has 0 saturated carbocycles. The summed E-state index contributed by atoms with van der Waals surface area (Å²) >= 11 is 6.19. The summed E-state index contributed by atoms with van der Waals surface area (Å²) in [4.78, 5) is 26.5. The first-order valence-electron chi connectivity index (χ1n) is 10.5. The monoisotopic (exact) mass is 473 g/mol. The second kappa shape index (κ2) is 10.7. The maximum Gasteiger partial charge on any atom is 0.344 e. The molecular weight excluding hydrogens is 442 g/mol. The third-order valence-electron chi connectivity index (χ3n) is 5.57. The molecule has 1 fully saturated rings. The van der Waals surface area contributed by atoms with Gasteiger partial charge in [0.15, 0.2) is 23.1 Å². The number of carbonyl (C=O) groups excluding carboxylic acids is 2. The van der Waals surface area contributed by atoms with Gasteiger partial charge in [0.2, 0.25) is 0 Å². The minimum Gasteiger partial charge on any atom is -0.482 e. The Hall–Kier alpha value is -1.80. The fourth-order valence-electron chi connectivity index (χ4n) is 3.64. The van der Waals surface area contributed by atoms with Crippen molar-refractivity contribution in [3.05, 3.63) is 28.3 Å². The van der Waals surface area contributed by atoms with E-state index in [0.29, 0.717) is 23.6 Å². The lowest BCUT2D eigenvalue weighted by Crippen LogP contribution is -2.48. The Balaban J connectivity index is 1.97. The molecule has 9 heteroatoms. The topological polar surface area (TPSA) is 90.0 Å². The lowest BCUT2D eigenvalue weighted by molar-refractivity contribution is -0.155. The molecular formula is C22H32ClNO6S. The van der Waals surface area contributed by atoms with Crippen molar-refractivity contribution < 1.29 is 27.5 Å². The number of esters is 1. The smallest absolute Gasteiger partial charge is 0.344 e. The minimum absolute atomic E-state index is 0.0476. The highest BCUT2D eigenvalue weighted by Gasteiger charge is 2.36. The van der Waals surface area contributed by atoms with Crippen molar-refractivity contribution in [2.24, 2.45) is 0 Å². The summed E-state index contributed by atoms with van der Waals surface area (Å²) in [5.41, 5.74) is 1.71. The van der Waals surface area contributed by atoms with Gasteiger partial charge in [-0.2, -0.15) is 0 Å². The Morgan fingerprint density at radius 1 is 1.23 bits per heavy atom. The summed E-state index contributed by atoms with van der Waals surface area (Å²) in [5, 5.41) is 0.628. The number of hydrogen-bond donors (Lipinski definition) is 0. The van der Waals surface area contributed by atoms with E-state index in [2.05, 4.69) is 0 Å². The third-order valence-corrected chi connectivity index (χ3v) is 7.73. The van der Waals surface area contributed by atoms with Crippen LogP contribution >= 0.6 is 11.6 Å². The van der Waals surface area contributed by atoms with Gasteiger partial charge in [-0.1, -0.05) is 32.4 Å². The summed E-state index contributed by atoms with van der Waals surface area (Å²) in [5.74, 6) is -0.332. The van der Waals surface area contributed by atoms with Gasteiger partial charge in [-0.25, -0.2) is 13.2 Å². The summed E-state index contributed by atoms with van der Waals surface area (Å²) in [7, 11) is -3.14. The highest BCUT2D eigenvalue weighted by atomic mass is 35.5. The van der Waals surface area contributed by atoms with Gasteiger partial charge in [-0.3, -0.25) is 4.79 Å². The zero-order valence-corrected chi connectivity index (χ0v) is 20.4. The normalized spacial score (nSPS) is 18.6. The second-order valence-electron chi connectivity index (χ2n) is 8.36. The number of rotatable bonds is 9. The molecule has 0 bridgehead atoms. The molecule has 174 valence electrons. The van der Waals surface area contributed by atoms with Crippen LogP contribution in [0.2, 0.25) is 5.02 Å². The lowest BCUT2D eigenvalue weighted by atomic mass is 10.0. The predicted octanol–water partition coefficient (Wildman–Crippen LogP) is 3.51. The minimum atomic E-state index is -3.14. The highest BCUT2D eigenvalue weighted by Crippen LogP contribution is 2.32. The Kier molecular flexibility index (Phi) is 8.77. The van der Waals surface area contributed by atoms with E-state index in [9.17, 15) is 18.0 Å². The third kappa shape index (κ3) is 6.84. The van der Waals surface area contributed by atoms with Crippen molar-refractivity contribution in [1.29, 1.82) is 0 Å². The van der Waals surface area contributed by atoms with E-state index < -0.39 is 28.3 Å². The Labute approximate surface area is 190 Å². The first-order chi connectivity index (χ1) is 14.4. The molecule has 1 aromatic rings. The summed E-state index contributed by atoms with van der Waals surface area (Å²) < 4.78 is 34.5. The van der Waals surface area contributed by atoms with Crippen LogP contribution in [0.15, 0.2) is 12.1 Å². The molecule has 2 rings (SSSR count). The average molecular weight is 474 g/mol. The average Bonchev–Trinajstić information content (AvgIpc) is 3.05. The van der Waals surface area contributed by atoms with Gasteiger partial charge in [-0.15, -0.1) is 0 Å². The van der Waals surface area contributed by atoms with Crippen LogP contribution in [0.4, 0.5) is 0 Å². The van der Waals surface area contributed by atoms with E-state index in [-0.39, 0.29) is 36.1 Å². The molecule has 2 atom stereocenters. The largest absolute Gasteiger partial charge is 0.482 e. The molecule has 1 aliphatic rings. The molecule has 0 unspecified atom stereocenters. The summed E-state index contributed by atoms with van der Waals surface area (Å²) in [6.45, 7) is 8.85. The van der Waals surface area contributed by atoms with Gasteiger partial charge in [0.1, 0.15) is 5.75 Å². The summed E-state index contributed by atoms with van der Waals surface area (Å²) in [6, 6.07) is 3.08. The van der Waals surface area contributed by atoms with Gasteiger partial charge in [0, 0.05) is 17.1 Å². The molecule has 1 heterocycles. The lowest BCUT2D eigenvalue weighted by Gasteiger charge is -2.33. The number of halogens is 1. The zero-order chi connectivity index (χ0) is 23.3. The number of benzene rings is 1. The van der Waals surface area contributed by atoms with Crippen molar-refractivity contribution in [2.45, 2.75) is 65.5 Å². The highest BCUT2D eigenvalue weighted by molar-refractivity contribution is 7.91. The number of ether oxygens (including phenoxy) is 2. The van der Waals surface area contributed by atoms with Crippen molar-refractivity contribution >= 4 is 33.3 Å². The first-order valence-corrected chi connectivity index (χ1v) is 12.7. The number of sulfone groups is 1. The maximum atomic E-state index is 12.7. The first kappa shape index (κ1) is 25.5. The predicted molar refractivity (Wildman–Crippen MR) is 120 cm³/mol. The van der Waals surface area contributed by atoms with Gasteiger partial charge in [0.25, 0.3) is 5.91 Å². The van der Waals surface area contributed by atoms with Crippen molar-refractivity contribution in [3.8, 4) is 5.75 Å². The van der Waals surface area contributed by atoms with Crippen molar-refractivity contribution in [2.75, 3.05) is 24.7 Å². The van der Waals surface area contributed by atoms with E-state index in [0.717, 1.165) is 11.1 Å². The van der Waals surface area contributed by atoms with E-state index >= 15 is 0 Å². The fourth-order valence-corrected chi connectivity index (χ4v) is 5.53. The van der Waals surface area contributed by atoms with E-state index in [1.54, 1.807) is 11.0 Å².